The Balaban J connectivity index is 1.23. The van der Waals surface area contributed by atoms with E-state index in [9.17, 15) is 0 Å². The van der Waals surface area contributed by atoms with Gasteiger partial charge in [0.05, 0.1) is 19.3 Å². The lowest BCUT2D eigenvalue weighted by Gasteiger charge is -2.32. The van der Waals surface area contributed by atoms with Gasteiger partial charge in [-0.05, 0) is 50.1 Å². The van der Waals surface area contributed by atoms with Crippen molar-refractivity contribution in [3.8, 4) is 11.5 Å². The summed E-state index contributed by atoms with van der Waals surface area (Å²) in [7, 11) is 2.18. The minimum absolute atomic E-state index is 0.399. The number of hydrogen-bond donors (Lipinski definition) is 0. The second-order valence-corrected chi connectivity index (χ2v) is 7.39. The highest BCUT2D eigenvalue weighted by Gasteiger charge is 2.26. The third kappa shape index (κ3) is 6.17. The van der Waals surface area contributed by atoms with E-state index in [0.29, 0.717) is 19.3 Å². The molecule has 25 heavy (non-hydrogen) atoms. The van der Waals surface area contributed by atoms with Crippen molar-refractivity contribution in [3.63, 3.8) is 0 Å². The van der Waals surface area contributed by atoms with Crippen molar-refractivity contribution in [2.24, 2.45) is 5.92 Å². The molecule has 0 unspecified atom stereocenters. The molecule has 0 atom stereocenters. The first-order valence-corrected chi connectivity index (χ1v) is 9.57. The molecule has 0 spiro atoms. The van der Waals surface area contributed by atoms with Crippen molar-refractivity contribution < 1.29 is 14.2 Å². The second-order valence-electron chi connectivity index (χ2n) is 7.39. The Bertz CT molecular complexity index is 494. The molecule has 1 aromatic carbocycles. The first kappa shape index (κ1) is 18.5. The largest absolute Gasteiger partial charge is 0.491 e. The summed E-state index contributed by atoms with van der Waals surface area (Å²) in [6.07, 6.45) is 2.74. The lowest BCUT2D eigenvalue weighted by molar-refractivity contribution is 0.0655. The fraction of sp³-hybridized carbons (Fsp3) is 0.700. The summed E-state index contributed by atoms with van der Waals surface area (Å²) in [5, 5.41) is 0. The maximum Gasteiger partial charge on any atom is 0.119 e. The molecule has 2 fully saturated rings. The van der Waals surface area contributed by atoms with E-state index in [1.54, 1.807) is 0 Å². The molecule has 0 amide bonds. The number of ether oxygens (including phenoxy) is 3. The van der Waals surface area contributed by atoms with E-state index >= 15 is 0 Å². The van der Waals surface area contributed by atoms with Crippen LogP contribution in [0.5, 0.6) is 11.5 Å². The molecule has 0 bridgehead atoms. The molecule has 1 saturated carbocycles. The maximum atomic E-state index is 5.91. The first-order valence-electron chi connectivity index (χ1n) is 9.57. The van der Waals surface area contributed by atoms with Crippen molar-refractivity contribution in [2.75, 3.05) is 59.6 Å². The first-order chi connectivity index (χ1) is 12.2. The Morgan fingerprint density at radius 3 is 2.28 bits per heavy atom. The van der Waals surface area contributed by atoms with Crippen LogP contribution in [0, 0.1) is 5.92 Å². The normalized spacial score (nSPS) is 24.7. The summed E-state index contributed by atoms with van der Waals surface area (Å²) < 4.78 is 17.3. The van der Waals surface area contributed by atoms with Crippen molar-refractivity contribution in [1.82, 2.24) is 9.80 Å². The summed E-state index contributed by atoms with van der Waals surface area (Å²) in [4.78, 5) is 4.83. The molecule has 5 nitrogen and oxygen atoms in total. The zero-order valence-corrected chi connectivity index (χ0v) is 15.7. The quantitative estimate of drug-likeness (QED) is 0.641. The topological polar surface area (TPSA) is 34.2 Å². The number of hydrogen-bond acceptors (Lipinski definition) is 5. The Hall–Kier alpha value is -1.30. The number of benzene rings is 1. The fourth-order valence-electron chi connectivity index (χ4n) is 3.32. The molecule has 1 saturated heterocycles. The van der Waals surface area contributed by atoms with Gasteiger partial charge in [0, 0.05) is 32.7 Å². The van der Waals surface area contributed by atoms with Crippen LogP contribution in [0.15, 0.2) is 24.3 Å². The molecule has 1 aliphatic heterocycles. The third-order valence-electron chi connectivity index (χ3n) is 5.10. The molecule has 1 aromatic rings. The summed E-state index contributed by atoms with van der Waals surface area (Å²) in [6, 6.07) is 7.93. The lowest BCUT2D eigenvalue weighted by atomic mass is 9.84. The zero-order valence-electron chi connectivity index (χ0n) is 15.7. The van der Waals surface area contributed by atoms with Gasteiger partial charge in [-0.15, -0.1) is 0 Å². The zero-order chi connectivity index (χ0) is 17.5. The summed E-state index contributed by atoms with van der Waals surface area (Å²) in [6.45, 7) is 9.87. The highest BCUT2D eigenvalue weighted by atomic mass is 16.5. The van der Waals surface area contributed by atoms with E-state index in [0.717, 1.165) is 56.7 Å². The van der Waals surface area contributed by atoms with E-state index in [4.69, 9.17) is 14.2 Å². The summed E-state index contributed by atoms with van der Waals surface area (Å²) in [5.41, 5.74) is 0. The maximum absolute atomic E-state index is 5.91. The number of nitrogens with zero attached hydrogens (tertiary/aromatic N) is 2. The smallest absolute Gasteiger partial charge is 0.119 e. The van der Waals surface area contributed by atoms with Gasteiger partial charge < -0.3 is 19.1 Å². The van der Waals surface area contributed by atoms with Crippen LogP contribution in [0.1, 0.15) is 19.8 Å². The Kier molecular flexibility index (Phi) is 6.96. The monoisotopic (exact) mass is 348 g/mol. The molecule has 140 valence electrons. The molecule has 3 rings (SSSR count). The van der Waals surface area contributed by atoms with Crippen LogP contribution in [0.3, 0.4) is 0 Å². The molecule has 1 heterocycles. The number of piperazine rings is 1. The van der Waals surface area contributed by atoms with E-state index < -0.39 is 0 Å². The molecular formula is C20H32N2O3. The Morgan fingerprint density at radius 1 is 0.920 bits per heavy atom. The standard InChI is InChI=1S/C20H32N2O3/c1-17-15-20(16-17)25-19-5-3-18(4-6-19)24-14-13-23-12-11-22-9-7-21(2)8-10-22/h3-6,17,20H,7-16H2,1-2H3. The lowest BCUT2D eigenvalue weighted by Crippen LogP contribution is -2.45. The van der Waals surface area contributed by atoms with E-state index in [-0.39, 0.29) is 0 Å². The number of likely N-dealkylation sites (N-methyl/N-ethyl adjacent to an activating group) is 1. The van der Waals surface area contributed by atoms with Crippen molar-refractivity contribution in [3.05, 3.63) is 24.3 Å². The van der Waals surface area contributed by atoms with Gasteiger partial charge in [-0.1, -0.05) is 6.92 Å². The van der Waals surface area contributed by atoms with Crippen LogP contribution in [-0.4, -0.2) is 75.5 Å². The molecule has 1 aliphatic carbocycles. The van der Waals surface area contributed by atoms with E-state index in [1.807, 2.05) is 24.3 Å². The van der Waals surface area contributed by atoms with Crippen LogP contribution in [-0.2, 0) is 4.74 Å². The van der Waals surface area contributed by atoms with Crippen LogP contribution < -0.4 is 9.47 Å². The van der Waals surface area contributed by atoms with Gasteiger partial charge in [-0.25, -0.2) is 0 Å². The highest BCUT2D eigenvalue weighted by Crippen LogP contribution is 2.31. The van der Waals surface area contributed by atoms with Gasteiger partial charge in [-0.2, -0.15) is 0 Å². The molecule has 5 heteroatoms. The van der Waals surface area contributed by atoms with Crippen molar-refractivity contribution in [2.45, 2.75) is 25.9 Å². The predicted molar refractivity (Wildman–Crippen MR) is 99.5 cm³/mol. The summed E-state index contributed by atoms with van der Waals surface area (Å²) >= 11 is 0. The number of rotatable bonds is 9. The van der Waals surface area contributed by atoms with Crippen LogP contribution in [0.25, 0.3) is 0 Å². The van der Waals surface area contributed by atoms with Crippen LogP contribution in [0.4, 0.5) is 0 Å². The molecule has 0 N–H and O–H groups in total. The average Bonchev–Trinajstić information content (AvgIpc) is 2.59. The summed E-state index contributed by atoms with van der Waals surface area (Å²) in [5.74, 6) is 2.62. The molecular weight excluding hydrogens is 316 g/mol. The minimum Gasteiger partial charge on any atom is -0.491 e. The van der Waals surface area contributed by atoms with E-state index in [1.165, 1.54) is 12.8 Å². The average molecular weight is 348 g/mol. The van der Waals surface area contributed by atoms with Gasteiger partial charge in [0.25, 0.3) is 0 Å². The SMILES string of the molecule is CC1CC(Oc2ccc(OCCOCCN3CCN(C)CC3)cc2)C1. The molecule has 0 aromatic heterocycles. The molecule has 2 aliphatic rings. The van der Waals surface area contributed by atoms with Gasteiger partial charge >= 0.3 is 0 Å². The third-order valence-corrected chi connectivity index (χ3v) is 5.10. The Morgan fingerprint density at radius 2 is 1.60 bits per heavy atom. The highest BCUT2D eigenvalue weighted by molar-refractivity contribution is 5.31. The van der Waals surface area contributed by atoms with Crippen molar-refractivity contribution >= 4 is 0 Å². The van der Waals surface area contributed by atoms with Crippen molar-refractivity contribution in [1.29, 1.82) is 0 Å². The molecule has 0 radical (unpaired) electrons. The fourth-order valence-corrected chi connectivity index (χ4v) is 3.32. The van der Waals surface area contributed by atoms with Gasteiger partial charge in [0.1, 0.15) is 18.1 Å². The minimum atomic E-state index is 0.399. The van der Waals surface area contributed by atoms with Gasteiger partial charge in [0.2, 0.25) is 0 Å². The van der Waals surface area contributed by atoms with Crippen LogP contribution >= 0.6 is 0 Å². The van der Waals surface area contributed by atoms with E-state index in [2.05, 4.69) is 23.8 Å². The van der Waals surface area contributed by atoms with Gasteiger partial charge in [-0.3, -0.25) is 4.90 Å². The second kappa shape index (κ2) is 9.41. The van der Waals surface area contributed by atoms with Gasteiger partial charge in [0.15, 0.2) is 0 Å². The predicted octanol–water partition coefficient (Wildman–Crippen LogP) is 2.51. The van der Waals surface area contributed by atoms with Crippen LogP contribution in [0.2, 0.25) is 0 Å². The Labute approximate surface area is 151 Å².